The van der Waals surface area contributed by atoms with E-state index in [1.54, 1.807) is 45.8 Å². The van der Waals surface area contributed by atoms with Crippen molar-refractivity contribution in [1.82, 2.24) is 49.5 Å². The maximum absolute atomic E-state index is 12.5. The number of nitrogens with one attached hydrogen (secondary N) is 2. The quantitative estimate of drug-likeness (QED) is 0.256. The molecule has 0 aromatic carbocycles. The molecule has 14 nitrogen and oxygen atoms in total. The molecule has 6 aromatic rings. The van der Waals surface area contributed by atoms with E-state index in [0.717, 1.165) is 22.2 Å². The fourth-order valence-electron chi connectivity index (χ4n) is 4.60. The number of fused-ring (bicyclic) bond motifs is 2. The Morgan fingerprint density at radius 3 is 1.43 bits per heavy atom. The molecular weight excluding hydrogens is 512 g/mol. The van der Waals surface area contributed by atoms with Gasteiger partial charge >= 0.3 is 0 Å². The molecule has 0 amide bonds. The standard InChI is InChI=1S/2C13H14N6O/c2*1-3-19-11-8(7(2)16-13(14)17-11)6-9(12(19)20)10-4-5-15-18-10/h2*4-6H,3H2,1-2H3,(H,15,18)(H2,14,16,17). The summed E-state index contributed by atoms with van der Waals surface area (Å²) < 4.78 is 3.19. The average molecular weight is 541 g/mol. The van der Waals surface area contributed by atoms with Crippen molar-refractivity contribution in [2.45, 2.75) is 40.8 Å². The van der Waals surface area contributed by atoms with Gasteiger partial charge in [0, 0.05) is 36.3 Å². The summed E-state index contributed by atoms with van der Waals surface area (Å²) in [7, 11) is 0. The zero-order chi connectivity index (χ0) is 28.6. The fraction of sp³-hybridized carbons (Fsp3) is 0.231. The van der Waals surface area contributed by atoms with Gasteiger partial charge < -0.3 is 11.5 Å². The lowest BCUT2D eigenvalue weighted by molar-refractivity contribution is 0.749. The average Bonchev–Trinajstić information content (AvgIpc) is 3.64. The molecule has 6 rings (SSSR count). The van der Waals surface area contributed by atoms with Crippen LogP contribution in [0.2, 0.25) is 0 Å². The highest BCUT2D eigenvalue weighted by Gasteiger charge is 2.16. The predicted octanol–water partition coefficient (Wildman–Crippen LogP) is 2.18. The van der Waals surface area contributed by atoms with Crippen molar-refractivity contribution < 1.29 is 0 Å². The number of nitrogen functional groups attached to an aromatic ring is 2. The van der Waals surface area contributed by atoms with E-state index >= 15 is 0 Å². The van der Waals surface area contributed by atoms with E-state index in [9.17, 15) is 9.59 Å². The molecule has 0 aliphatic carbocycles. The molecule has 0 unspecified atom stereocenters. The fourth-order valence-corrected chi connectivity index (χ4v) is 4.60. The maximum atomic E-state index is 12.5. The Bertz CT molecular complexity index is 1810. The summed E-state index contributed by atoms with van der Waals surface area (Å²) in [5.74, 6) is 0.344. The van der Waals surface area contributed by atoms with Crippen LogP contribution in [-0.2, 0) is 13.1 Å². The lowest BCUT2D eigenvalue weighted by atomic mass is 10.1. The van der Waals surface area contributed by atoms with Crippen molar-refractivity contribution >= 4 is 34.0 Å². The minimum atomic E-state index is -0.123. The van der Waals surface area contributed by atoms with Crippen molar-refractivity contribution in [2.24, 2.45) is 0 Å². The van der Waals surface area contributed by atoms with E-state index in [1.807, 2.05) is 27.7 Å². The van der Waals surface area contributed by atoms with E-state index < -0.39 is 0 Å². The van der Waals surface area contributed by atoms with Crippen LogP contribution in [0.25, 0.3) is 44.6 Å². The van der Waals surface area contributed by atoms with Crippen molar-refractivity contribution in [3.63, 3.8) is 0 Å². The van der Waals surface area contributed by atoms with Gasteiger partial charge in [-0.05, 0) is 52.0 Å². The second kappa shape index (κ2) is 10.4. The summed E-state index contributed by atoms with van der Waals surface area (Å²) in [5, 5.41) is 15.0. The molecule has 0 atom stereocenters. The van der Waals surface area contributed by atoms with Gasteiger partial charge in [-0.2, -0.15) is 20.2 Å². The van der Waals surface area contributed by atoms with Gasteiger partial charge in [0.1, 0.15) is 11.3 Å². The number of anilines is 2. The number of hydrogen-bond donors (Lipinski definition) is 4. The van der Waals surface area contributed by atoms with Crippen LogP contribution >= 0.6 is 0 Å². The molecule has 0 aliphatic heterocycles. The first-order valence-electron chi connectivity index (χ1n) is 12.6. The molecule has 0 spiro atoms. The predicted molar refractivity (Wildman–Crippen MR) is 152 cm³/mol. The number of aromatic nitrogens is 10. The summed E-state index contributed by atoms with van der Waals surface area (Å²) in [6, 6.07) is 7.09. The Kier molecular flexibility index (Phi) is 6.82. The van der Waals surface area contributed by atoms with E-state index in [1.165, 1.54) is 0 Å². The van der Waals surface area contributed by atoms with Gasteiger partial charge in [0.2, 0.25) is 11.9 Å². The van der Waals surface area contributed by atoms with Crippen LogP contribution in [0.15, 0.2) is 46.2 Å². The lowest BCUT2D eigenvalue weighted by Gasteiger charge is -2.11. The third-order valence-corrected chi connectivity index (χ3v) is 6.52. The van der Waals surface area contributed by atoms with Gasteiger partial charge in [-0.3, -0.25) is 28.9 Å². The molecule has 6 aromatic heterocycles. The van der Waals surface area contributed by atoms with Crippen LogP contribution in [-0.4, -0.2) is 49.5 Å². The van der Waals surface area contributed by atoms with Crippen LogP contribution in [0.4, 0.5) is 11.9 Å². The molecule has 0 aliphatic rings. The summed E-state index contributed by atoms with van der Waals surface area (Å²) in [4.78, 5) is 41.8. The van der Waals surface area contributed by atoms with Crippen molar-refractivity contribution in [3.8, 4) is 22.5 Å². The van der Waals surface area contributed by atoms with Crippen molar-refractivity contribution in [1.29, 1.82) is 0 Å². The van der Waals surface area contributed by atoms with Gasteiger partial charge in [-0.15, -0.1) is 0 Å². The Labute approximate surface area is 227 Å². The first-order valence-corrected chi connectivity index (χ1v) is 12.6. The van der Waals surface area contributed by atoms with Crippen LogP contribution in [0.1, 0.15) is 25.2 Å². The summed E-state index contributed by atoms with van der Waals surface area (Å²) in [6.45, 7) is 8.50. The van der Waals surface area contributed by atoms with Gasteiger partial charge in [-0.25, -0.2) is 9.97 Å². The third kappa shape index (κ3) is 4.55. The van der Waals surface area contributed by atoms with E-state index in [-0.39, 0.29) is 23.0 Å². The van der Waals surface area contributed by atoms with Gasteiger partial charge in [0.05, 0.1) is 33.9 Å². The Hall–Kier alpha value is -5.40. The second-order valence-electron chi connectivity index (χ2n) is 8.96. The smallest absolute Gasteiger partial charge is 0.261 e. The minimum absolute atomic E-state index is 0.123. The van der Waals surface area contributed by atoms with E-state index in [0.29, 0.717) is 46.9 Å². The number of nitrogens with zero attached hydrogens (tertiary/aromatic N) is 8. The first-order chi connectivity index (χ1) is 19.2. The van der Waals surface area contributed by atoms with E-state index in [4.69, 9.17) is 11.5 Å². The number of aryl methyl sites for hydroxylation is 4. The van der Waals surface area contributed by atoms with E-state index in [2.05, 4.69) is 40.3 Å². The Morgan fingerprint density at radius 2 is 1.10 bits per heavy atom. The highest BCUT2D eigenvalue weighted by Crippen LogP contribution is 2.22. The Morgan fingerprint density at radius 1 is 0.700 bits per heavy atom. The molecule has 0 fully saturated rings. The molecule has 0 bridgehead atoms. The molecule has 204 valence electrons. The van der Waals surface area contributed by atoms with Crippen LogP contribution in [0.3, 0.4) is 0 Å². The van der Waals surface area contributed by atoms with Crippen LogP contribution in [0, 0.1) is 13.8 Å². The number of H-pyrrole nitrogens is 2. The third-order valence-electron chi connectivity index (χ3n) is 6.52. The SMILES string of the molecule is CCn1c(=O)c(-c2ccn[nH]2)cc2c(C)nc(N)nc21.CCn1c(=O)c(-c2ccn[nH]2)cc2c(C)nc(N)nc21. The molecule has 0 saturated heterocycles. The first kappa shape index (κ1) is 26.2. The molecule has 6 N–H and O–H groups in total. The summed E-state index contributed by atoms with van der Waals surface area (Å²) in [6.07, 6.45) is 3.23. The maximum Gasteiger partial charge on any atom is 0.261 e. The molecule has 40 heavy (non-hydrogen) atoms. The number of pyridine rings is 2. The van der Waals surface area contributed by atoms with Crippen LogP contribution in [0.5, 0.6) is 0 Å². The van der Waals surface area contributed by atoms with Crippen molar-refractivity contribution in [2.75, 3.05) is 11.5 Å². The second-order valence-corrected chi connectivity index (χ2v) is 8.96. The molecule has 0 saturated carbocycles. The highest BCUT2D eigenvalue weighted by molar-refractivity contribution is 5.84. The summed E-state index contributed by atoms with van der Waals surface area (Å²) >= 11 is 0. The zero-order valence-corrected chi connectivity index (χ0v) is 22.4. The molecule has 14 heteroatoms. The molecule has 6 heterocycles. The topological polar surface area (TPSA) is 205 Å². The zero-order valence-electron chi connectivity index (χ0n) is 22.4. The normalized spacial score (nSPS) is 11.1. The molecular formula is C26H28N12O2. The largest absolute Gasteiger partial charge is 0.368 e. The number of rotatable bonds is 4. The highest BCUT2D eigenvalue weighted by atomic mass is 16.1. The number of hydrogen-bond acceptors (Lipinski definition) is 10. The minimum Gasteiger partial charge on any atom is -0.368 e. The number of aromatic amines is 2. The van der Waals surface area contributed by atoms with Crippen LogP contribution < -0.4 is 22.6 Å². The monoisotopic (exact) mass is 540 g/mol. The van der Waals surface area contributed by atoms with Gasteiger partial charge in [-0.1, -0.05) is 0 Å². The summed E-state index contributed by atoms with van der Waals surface area (Å²) in [5.41, 5.74) is 16.2. The lowest BCUT2D eigenvalue weighted by Crippen LogP contribution is -2.23. The van der Waals surface area contributed by atoms with Gasteiger partial charge in [0.25, 0.3) is 11.1 Å². The van der Waals surface area contributed by atoms with Gasteiger partial charge in [0.15, 0.2) is 0 Å². The van der Waals surface area contributed by atoms with Crippen molar-refractivity contribution in [3.05, 3.63) is 68.8 Å². The molecule has 0 radical (unpaired) electrons. The number of nitrogens with two attached hydrogens (primary N) is 2. The Balaban J connectivity index is 0.000000161.